The Labute approximate surface area is 194 Å². The molecule has 0 atom stereocenters. The molecule has 1 aliphatic heterocycles. The minimum absolute atomic E-state index is 0.225. The fourth-order valence-electron chi connectivity index (χ4n) is 3.33. The van der Waals surface area contributed by atoms with Gasteiger partial charge in [-0.3, -0.25) is 14.5 Å². The number of hydrogen-bond acceptors (Lipinski definition) is 5. The average Bonchev–Trinajstić information content (AvgIpc) is 3.01. The van der Waals surface area contributed by atoms with Crippen LogP contribution < -0.4 is 9.64 Å². The van der Waals surface area contributed by atoms with Gasteiger partial charge in [0, 0.05) is 19.8 Å². The zero-order valence-electron chi connectivity index (χ0n) is 19.3. The molecule has 3 rings (SSSR count). The maximum atomic E-state index is 12.7. The van der Waals surface area contributed by atoms with Crippen molar-refractivity contribution in [3.05, 3.63) is 76.2 Å². The van der Waals surface area contributed by atoms with Gasteiger partial charge in [-0.05, 0) is 65.6 Å². The van der Waals surface area contributed by atoms with Crippen molar-refractivity contribution in [1.82, 2.24) is 4.90 Å². The molecule has 0 bridgehead atoms. The van der Waals surface area contributed by atoms with Crippen molar-refractivity contribution in [2.75, 3.05) is 32.1 Å². The molecule has 168 valence electrons. The molecule has 5 nitrogen and oxygen atoms in total. The van der Waals surface area contributed by atoms with E-state index in [-0.39, 0.29) is 24.3 Å². The molecule has 32 heavy (non-hydrogen) atoms. The van der Waals surface area contributed by atoms with Crippen molar-refractivity contribution in [2.24, 2.45) is 0 Å². The summed E-state index contributed by atoms with van der Waals surface area (Å²) >= 11 is 0.965. The number of imide groups is 1. The second-order valence-corrected chi connectivity index (χ2v) is 9.24. The van der Waals surface area contributed by atoms with Crippen LogP contribution in [0, 0.1) is 6.92 Å². The van der Waals surface area contributed by atoms with E-state index in [1.807, 2.05) is 62.3 Å². The molecule has 0 aliphatic carbocycles. The molecule has 0 saturated carbocycles. The number of allylic oxidation sites excluding steroid dienone is 2. The third-order valence-corrected chi connectivity index (χ3v) is 6.11. The summed E-state index contributed by atoms with van der Waals surface area (Å²) in [4.78, 5) is 28.7. The Kier molecular flexibility index (Phi) is 7.80. The number of aryl methyl sites for hydroxylation is 1. The first-order valence-electron chi connectivity index (χ1n) is 10.7. The lowest BCUT2D eigenvalue weighted by atomic mass is 10.0. The van der Waals surface area contributed by atoms with Gasteiger partial charge >= 0.3 is 0 Å². The smallest absolute Gasteiger partial charge is 0.293 e. The van der Waals surface area contributed by atoms with E-state index < -0.39 is 0 Å². The second-order valence-electron chi connectivity index (χ2n) is 8.25. The van der Waals surface area contributed by atoms with Crippen LogP contribution in [0.25, 0.3) is 6.08 Å². The number of anilines is 1. The van der Waals surface area contributed by atoms with E-state index in [9.17, 15) is 9.59 Å². The van der Waals surface area contributed by atoms with E-state index in [1.54, 1.807) is 12.2 Å². The van der Waals surface area contributed by atoms with Crippen molar-refractivity contribution in [2.45, 2.75) is 26.7 Å². The number of nitrogens with zero attached hydrogens (tertiary/aromatic N) is 2. The highest BCUT2D eigenvalue weighted by molar-refractivity contribution is 8.18. The van der Waals surface area contributed by atoms with Crippen LogP contribution in [0.2, 0.25) is 0 Å². The molecule has 2 aromatic carbocycles. The van der Waals surface area contributed by atoms with Crippen molar-refractivity contribution >= 4 is 34.7 Å². The topological polar surface area (TPSA) is 49.9 Å². The molecule has 1 aliphatic rings. The lowest BCUT2D eigenvalue weighted by Gasteiger charge is -2.17. The van der Waals surface area contributed by atoms with E-state index in [2.05, 4.69) is 26.0 Å². The summed E-state index contributed by atoms with van der Waals surface area (Å²) in [6.45, 7) is 6.74. The Morgan fingerprint density at radius 1 is 1.09 bits per heavy atom. The van der Waals surface area contributed by atoms with Gasteiger partial charge < -0.3 is 9.64 Å². The SMILES string of the molecule is Cc1ccc(C(C)C)c(OCCN2C(=O)S/C(=C\C=C\c3ccc(N(C)C)cc3)C2=O)c1. The number of hydrogen-bond donors (Lipinski definition) is 0. The van der Waals surface area contributed by atoms with Crippen LogP contribution in [0.4, 0.5) is 10.5 Å². The molecule has 2 aromatic rings. The Morgan fingerprint density at radius 2 is 1.81 bits per heavy atom. The van der Waals surface area contributed by atoms with E-state index in [4.69, 9.17) is 4.74 Å². The highest BCUT2D eigenvalue weighted by Crippen LogP contribution is 2.31. The summed E-state index contributed by atoms with van der Waals surface area (Å²) in [5, 5.41) is -0.262. The average molecular weight is 451 g/mol. The van der Waals surface area contributed by atoms with E-state index in [0.29, 0.717) is 10.8 Å². The molecule has 0 radical (unpaired) electrons. The Bertz CT molecular complexity index is 1040. The van der Waals surface area contributed by atoms with Gasteiger partial charge in [-0.1, -0.05) is 50.3 Å². The molecule has 1 saturated heterocycles. The van der Waals surface area contributed by atoms with Crippen LogP contribution in [0.3, 0.4) is 0 Å². The molecule has 0 N–H and O–H groups in total. The lowest BCUT2D eigenvalue weighted by Crippen LogP contribution is -2.32. The van der Waals surface area contributed by atoms with Gasteiger partial charge in [-0.2, -0.15) is 0 Å². The molecule has 1 fully saturated rings. The van der Waals surface area contributed by atoms with Gasteiger partial charge in [-0.25, -0.2) is 0 Å². The predicted octanol–water partition coefficient (Wildman–Crippen LogP) is 5.86. The molecule has 0 spiro atoms. The molecule has 0 aromatic heterocycles. The number of amides is 2. The highest BCUT2D eigenvalue weighted by atomic mass is 32.2. The molecular formula is C26H30N2O3S. The minimum atomic E-state index is -0.274. The van der Waals surface area contributed by atoms with Crippen LogP contribution in [0.15, 0.2) is 59.5 Å². The van der Waals surface area contributed by atoms with Gasteiger partial charge in [0.2, 0.25) is 0 Å². The maximum Gasteiger partial charge on any atom is 0.293 e. The number of carbonyl (C=O) groups excluding carboxylic acids is 2. The monoisotopic (exact) mass is 450 g/mol. The van der Waals surface area contributed by atoms with Crippen LogP contribution in [0.5, 0.6) is 5.75 Å². The number of carbonyl (C=O) groups is 2. The van der Waals surface area contributed by atoms with Crippen LogP contribution in [-0.2, 0) is 4.79 Å². The first kappa shape index (κ1) is 23.7. The van der Waals surface area contributed by atoms with Crippen molar-refractivity contribution in [3.63, 3.8) is 0 Å². The third-order valence-electron chi connectivity index (χ3n) is 5.18. The second kappa shape index (κ2) is 10.6. The standard InChI is InChI=1S/C26H30N2O3S/c1-18(2)22-14-9-19(3)17-23(22)31-16-15-28-25(29)24(32-26(28)30)8-6-7-20-10-12-21(13-11-20)27(4)5/h6-14,17-18H,15-16H2,1-5H3/b7-6+,24-8-. The Morgan fingerprint density at radius 3 is 2.47 bits per heavy atom. The third kappa shape index (κ3) is 5.82. The maximum absolute atomic E-state index is 12.7. The van der Waals surface area contributed by atoms with E-state index in [0.717, 1.165) is 39.9 Å². The predicted molar refractivity (Wildman–Crippen MR) is 133 cm³/mol. The van der Waals surface area contributed by atoms with E-state index in [1.165, 1.54) is 4.90 Å². The Hall–Kier alpha value is -2.99. The first-order chi connectivity index (χ1) is 15.3. The first-order valence-corrected chi connectivity index (χ1v) is 11.5. The van der Waals surface area contributed by atoms with Crippen LogP contribution >= 0.6 is 11.8 Å². The largest absolute Gasteiger partial charge is 0.491 e. The zero-order chi connectivity index (χ0) is 23.3. The van der Waals surface area contributed by atoms with Gasteiger partial charge in [0.15, 0.2) is 0 Å². The zero-order valence-corrected chi connectivity index (χ0v) is 20.1. The summed E-state index contributed by atoms with van der Waals surface area (Å²) in [5.41, 5.74) is 4.38. The van der Waals surface area contributed by atoms with Crippen LogP contribution in [0.1, 0.15) is 36.5 Å². The lowest BCUT2D eigenvalue weighted by molar-refractivity contribution is -0.123. The van der Waals surface area contributed by atoms with Crippen molar-refractivity contribution < 1.29 is 14.3 Å². The molecule has 0 unspecified atom stereocenters. The van der Waals surface area contributed by atoms with Gasteiger partial charge in [0.05, 0.1) is 11.4 Å². The fraction of sp³-hybridized carbons (Fsp3) is 0.308. The van der Waals surface area contributed by atoms with Crippen molar-refractivity contribution in [3.8, 4) is 5.75 Å². The quantitative estimate of drug-likeness (QED) is 0.472. The number of thioether (sulfide) groups is 1. The number of rotatable bonds is 8. The summed E-state index contributed by atoms with van der Waals surface area (Å²) in [7, 11) is 3.99. The van der Waals surface area contributed by atoms with Gasteiger partial charge in [0.25, 0.3) is 11.1 Å². The summed E-state index contributed by atoms with van der Waals surface area (Å²) in [5.74, 6) is 0.867. The van der Waals surface area contributed by atoms with Gasteiger partial charge in [0.1, 0.15) is 12.4 Å². The van der Waals surface area contributed by atoms with Crippen molar-refractivity contribution in [1.29, 1.82) is 0 Å². The van der Waals surface area contributed by atoms with Crippen LogP contribution in [-0.4, -0.2) is 43.3 Å². The van der Waals surface area contributed by atoms with Gasteiger partial charge in [-0.15, -0.1) is 0 Å². The minimum Gasteiger partial charge on any atom is -0.491 e. The highest BCUT2D eigenvalue weighted by Gasteiger charge is 2.34. The summed E-state index contributed by atoms with van der Waals surface area (Å²) in [6, 6.07) is 14.2. The number of ether oxygens (including phenoxy) is 1. The normalized spacial score (nSPS) is 15.4. The summed E-state index contributed by atoms with van der Waals surface area (Å²) in [6.07, 6.45) is 5.42. The molecular weight excluding hydrogens is 420 g/mol. The molecule has 1 heterocycles. The number of benzene rings is 2. The molecule has 6 heteroatoms. The Balaban J connectivity index is 1.59. The molecule has 2 amide bonds. The fourth-order valence-corrected chi connectivity index (χ4v) is 4.14. The summed E-state index contributed by atoms with van der Waals surface area (Å²) < 4.78 is 5.95. The van der Waals surface area contributed by atoms with E-state index >= 15 is 0 Å².